The van der Waals surface area contributed by atoms with Crippen molar-refractivity contribution in [2.24, 2.45) is 5.92 Å². The van der Waals surface area contributed by atoms with Crippen LogP contribution in [0.3, 0.4) is 0 Å². The van der Waals surface area contributed by atoms with E-state index in [-0.39, 0.29) is 5.38 Å². The fourth-order valence-corrected chi connectivity index (χ4v) is 1.62. The summed E-state index contributed by atoms with van der Waals surface area (Å²) in [7, 11) is 0. The second kappa shape index (κ2) is 6.80. The van der Waals surface area contributed by atoms with Crippen LogP contribution in [0.25, 0.3) is 0 Å². The molecule has 0 amide bonds. The summed E-state index contributed by atoms with van der Waals surface area (Å²) in [6.07, 6.45) is 1.87. The standard InChI is InChI=1S/C14H21ClO/c1-4-13(15)9-12-7-5-6-8-14(12)16-10-11(2)3/h5-8,11,13H,4,9-10H2,1-3H3. The zero-order chi connectivity index (χ0) is 12.0. The molecule has 2 heteroatoms. The van der Waals surface area contributed by atoms with E-state index in [1.807, 2.05) is 18.2 Å². The third-order valence-electron chi connectivity index (χ3n) is 2.43. The predicted molar refractivity (Wildman–Crippen MR) is 70.4 cm³/mol. The van der Waals surface area contributed by atoms with Crippen LogP contribution in [-0.4, -0.2) is 12.0 Å². The minimum atomic E-state index is 0.198. The number of halogens is 1. The van der Waals surface area contributed by atoms with Gasteiger partial charge in [0.25, 0.3) is 0 Å². The Kier molecular flexibility index (Phi) is 5.68. The minimum absolute atomic E-state index is 0.198. The lowest BCUT2D eigenvalue weighted by atomic mass is 10.1. The van der Waals surface area contributed by atoms with Gasteiger partial charge < -0.3 is 4.74 Å². The van der Waals surface area contributed by atoms with Crippen LogP contribution in [-0.2, 0) is 6.42 Å². The van der Waals surface area contributed by atoms with Crippen molar-refractivity contribution in [1.82, 2.24) is 0 Å². The third kappa shape index (κ3) is 4.44. The molecule has 0 heterocycles. The largest absolute Gasteiger partial charge is 0.493 e. The lowest BCUT2D eigenvalue weighted by molar-refractivity contribution is 0.268. The molecule has 0 radical (unpaired) electrons. The van der Waals surface area contributed by atoms with Gasteiger partial charge in [-0.3, -0.25) is 0 Å². The summed E-state index contributed by atoms with van der Waals surface area (Å²) in [5.41, 5.74) is 1.21. The van der Waals surface area contributed by atoms with E-state index in [0.717, 1.165) is 25.2 Å². The highest BCUT2D eigenvalue weighted by atomic mass is 35.5. The lowest BCUT2D eigenvalue weighted by Crippen LogP contribution is -2.08. The number of para-hydroxylation sites is 1. The Bertz CT molecular complexity index is 309. The number of benzene rings is 1. The zero-order valence-corrected chi connectivity index (χ0v) is 11.1. The van der Waals surface area contributed by atoms with Crippen LogP contribution < -0.4 is 4.74 Å². The van der Waals surface area contributed by atoms with Crippen LogP contribution in [0.1, 0.15) is 32.8 Å². The van der Waals surface area contributed by atoms with Crippen molar-refractivity contribution < 1.29 is 4.74 Å². The fourth-order valence-electron chi connectivity index (χ4n) is 1.45. The van der Waals surface area contributed by atoms with E-state index in [1.54, 1.807) is 0 Å². The average Bonchev–Trinajstić information content (AvgIpc) is 2.27. The Morgan fingerprint density at radius 3 is 2.56 bits per heavy atom. The number of rotatable bonds is 6. The maximum atomic E-state index is 6.18. The molecule has 0 aliphatic heterocycles. The molecule has 0 N–H and O–H groups in total. The summed E-state index contributed by atoms with van der Waals surface area (Å²) in [6, 6.07) is 8.17. The van der Waals surface area contributed by atoms with Gasteiger partial charge in [0.1, 0.15) is 5.75 Å². The summed E-state index contributed by atoms with van der Waals surface area (Å²) in [5, 5.41) is 0.198. The third-order valence-corrected chi connectivity index (χ3v) is 2.89. The molecule has 0 saturated carbocycles. The van der Waals surface area contributed by atoms with Gasteiger partial charge in [-0.25, -0.2) is 0 Å². The Morgan fingerprint density at radius 1 is 1.25 bits per heavy atom. The van der Waals surface area contributed by atoms with E-state index in [9.17, 15) is 0 Å². The van der Waals surface area contributed by atoms with Crippen molar-refractivity contribution in [1.29, 1.82) is 0 Å². The molecule has 16 heavy (non-hydrogen) atoms. The Morgan fingerprint density at radius 2 is 1.94 bits per heavy atom. The molecule has 0 aliphatic rings. The second-order valence-electron chi connectivity index (χ2n) is 4.52. The smallest absolute Gasteiger partial charge is 0.122 e. The molecule has 1 rings (SSSR count). The normalized spacial score (nSPS) is 12.8. The predicted octanol–water partition coefficient (Wildman–Crippen LogP) is 4.28. The molecule has 0 aromatic heterocycles. The summed E-state index contributed by atoms with van der Waals surface area (Å²) in [4.78, 5) is 0. The van der Waals surface area contributed by atoms with E-state index in [2.05, 4.69) is 26.8 Å². The molecule has 1 nitrogen and oxygen atoms in total. The number of hydrogen-bond donors (Lipinski definition) is 0. The van der Waals surface area contributed by atoms with Crippen LogP contribution in [0.2, 0.25) is 0 Å². The van der Waals surface area contributed by atoms with E-state index in [0.29, 0.717) is 5.92 Å². The fraction of sp³-hybridized carbons (Fsp3) is 0.571. The van der Waals surface area contributed by atoms with Gasteiger partial charge in [-0.05, 0) is 30.4 Å². The Hall–Kier alpha value is -0.690. The van der Waals surface area contributed by atoms with E-state index in [4.69, 9.17) is 16.3 Å². The zero-order valence-electron chi connectivity index (χ0n) is 10.4. The maximum absolute atomic E-state index is 6.18. The van der Waals surface area contributed by atoms with Crippen LogP contribution >= 0.6 is 11.6 Å². The second-order valence-corrected chi connectivity index (χ2v) is 5.14. The van der Waals surface area contributed by atoms with Gasteiger partial charge in [-0.1, -0.05) is 39.0 Å². The van der Waals surface area contributed by atoms with Crippen molar-refractivity contribution >= 4 is 11.6 Å². The molecule has 1 unspecified atom stereocenters. The Balaban J connectivity index is 2.67. The van der Waals surface area contributed by atoms with Gasteiger partial charge in [-0.15, -0.1) is 11.6 Å². The highest BCUT2D eigenvalue weighted by molar-refractivity contribution is 6.20. The number of hydrogen-bond acceptors (Lipinski definition) is 1. The van der Waals surface area contributed by atoms with Gasteiger partial charge in [-0.2, -0.15) is 0 Å². The van der Waals surface area contributed by atoms with Gasteiger partial charge >= 0.3 is 0 Å². The van der Waals surface area contributed by atoms with Crippen LogP contribution in [0, 0.1) is 5.92 Å². The molecule has 1 aromatic carbocycles. The number of alkyl halides is 1. The highest BCUT2D eigenvalue weighted by Crippen LogP contribution is 2.22. The molecule has 0 bridgehead atoms. The van der Waals surface area contributed by atoms with Gasteiger partial charge in [0, 0.05) is 5.38 Å². The van der Waals surface area contributed by atoms with Crippen molar-refractivity contribution in [2.75, 3.05) is 6.61 Å². The molecule has 0 aliphatic carbocycles. The molecule has 0 spiro atoms. The van der Waals surface area contributed by atoms with Crippen LogP contribution in [0.4, 0.5) is 0 Å². The first-order chi connectivity index (χ1) is 7.63. The summed E-state index contributed by atoms with van der Waals surface area (Å²) >= 11 is 6.18. The molecule has 90 valence electrons. The molecule has 0 saturated heterocycles. The topological polar surface area (TPSA) is 9.23 Å². The van der Waals surface area contributed by atoms with Crippen molar-refractivity contribution in [2.45, 2.75) is 39.0 Å². The van der Waals surface area contributed by atoms with Crippen LogP contribution in [0.5, 0.6) is 5.75 Å². The SMILES string of the molecule is CCC(Cl)Cc1ccccc1OCC(C)C. The van der Waals surface area contributed by atoms with E-state index in [1.165, 1.54) is 5.56 Å². The van der Waals surface area contributed by atoms with Crippen LogP contribution in [0.15, 0.2) is 24.3 Å². The van der Waals surface area contributed by atoms with Gasteiger partial charge in [0.2, 0.25) is 0 Å². The first kappa shape index (κ1) is 13.4. The highest BCUT2D eigenvalue weighted by Gasteiger charge is 2.08. The summed E-state index contributed by atoms with van der Waals surface area (Å²) < 4.78 is 5.79. The number of ether oxygens (including phenoxy) is 1. The average molecular weight is 241 g/mol. The summed E-state index contributed by atoms with van der Waals surface area (Å²) in [6.45, 7) is 7.17. The monoisotopic (exact) mass is 240 g/mol. The Labute approximate surface area is 104 Å². The van der Waals surface area contributed by atoms with Crippen molar-refractivity contribution in [3.05, 3.63) is 29.8 Å². The molecule has 1 aromatic rings. The van der Waals surface area contributed by atoms with E-state index < -0.39 is 0 Å². The minimum Gasteiger partial charge on any atom is -0.493 e. The first-order valence-corrected chi connectivity index (χ1v) is 6.41. The molecule has 0 fully saturated rings. The van der Waals surface area contributed by atoms with E-state index >= 15 is 0 Å². The lowest BCUT2D eigenvalue weighted by Gasteiger charge is -2.14. The van der Waals surface area contributed by atoms with Gasteiger partial charge in [0.05, 0.1) is 6.61 Å². The van der Waals surface area contributed by atoms with Crippen molar-refractivity contribution in [3.8, 4) is 5.75 Å². The summed E-state index contributed by atoms with van der Waals surface area (Å²) in [5.74, 6) is 1.53. The molecular formula is C14H21ClO. The van der Waals surface area contributed by atoms with Crippen molar-refractivity contribution in [3.63, 3.8) is 0 Å². The molecule has 1 atom stereocenters. The van der Waals surface area contributed by atoms with Gasteiger partial charge in [0.15, 0.2) is 0 Å². The molecular weight excluding hydrogens is 220 g/mol. The quantitative estimate of drug-likeness (QED) is 0.675. The first-order valence-electron chi connectivity index (χ1n) is 5.98. The maximum Gasteiger partial charge on any atom is 0.122 e.